The van der Waals surface area contributed by atoms with E-state index in [1.807, 2.05) is 0 Å². The molecule has 0 fully saturated rings. The van der Waals surface area contributed by atoms with Gasteiger partial charge in [0.25, 0.3) is 0 Å². The number of allylic oxidation sites excluding steroid dienone is 8. The lowest BCUT2D eigenvalue weighted by atomic mass is 10.3. The van der Waals surface area contributed by atoms with E-state index in [-0.39, 0.29) is 23.1 Å². The summed E-state index contributed by atoms with van der Waals surface area (Å²) in [5.41, 5.74) is 2.94. The van der Waals surface area contributed by atoms with Gasteiger partial charge in [0.1, 0.15) is 0 Å². The summed E-state index contributed by atoms with van der Waals surface area (Å²) in [6.45, 7) is 4.28. The van der Waals surface area contributed by atoms with Gasteiger partial charge in [-0.1, -0.05) is 47.6 Å². The summed E-state index contributed by atoms with van der Waals surface area (Å²) in [7, 11) is 0. The zero-order valence-electron chi connectivity index (χ0n) is 7.88. The molecule has 0 nitrogen and oxygen atoms in total. The summed E-state index contributed by atoms with van der Waals surface area (Å²) in [6.07, 6.45) is 15.1. The molecule has 2 aliphatic rings. The van der Waals surface area contributed by atoms with Crippen molar-refractivity contribution >= 4 is 23.1 Å². The monoisotopic (exact) mass is 186 g/mol. The summed E-state index contributed by atoms with van der Waals surface area (Å²) in [5.74, 6) is 0. The predicted octanol–water partition coefficient (Wildman–Crippen LogP) is 2.87. The molecule has 0 N–H and O–H groups in total. The molecule has 0 aromatic rings. The Labute approximate surface area is 97.3 Å². The second-order valence-electron chi connectivity index (χ2n) is 3.29. The Morgan fingerprint density at radius 2 is 1.23 bits per heavy atom. The Hall–Kier alpha value is -0.274. The van der Waals surface area contributed by atoms with Crippen LogP contribution in [0.1, 0.15) is 26.7 Å². The Bertz CT molecular complexity index is 226. The molecule has 0 saturated heterocycles. The fourth-order valence-corrected chi connectivity index (χ4v) is 1.11. The molecule has 0 aromatic heterocycles. The molecular formula is C12H18Mg. The molecule has 13 heavy (non-hydrogen) atoms. The zero-order chi connectivity index (χ0) is 8.81. The lowest BCUT2D eigenvalue weighted by Crippen LogP contribution is -1.58. The van der Waals surface area contributed by atoms with Crippen molar-refractivity contribution in [1.29, 1.82) is 0 Å². The van der Waals surface area contributed by atoms with Gasteiger partial charge < -0.3 is 0 Å². The Kier molecular flexibility index (Phi) is 7.01. The quantitative estimate of drug-likeness (QED) is 0.511. The fourth-order valence-electron chi connectivity index (χ4n) is 1.11. The van der Waals surface area contributed by atoms with Crippen molar-refractivity contribution in [2.75, 3.05) is 0 Å². The highest BCUT2D eigenvalue weighted by Gasteiger charge is 1.86. The molecule has 0 unspecified atom stereocenters. The van der Waals surface area contributed by atoms with Crippen LogP contribution in [-0.4, -0.2) is 23.1 Å². The van der Waals surface area contributed by atoms with E-state index < -0.39 is 0 Å². The van der Waals surface area contributed by atoms with Gasteiger partial charge in [-0.3, -0.25) is 0 Å². The Balaban J connectivity index is 0.000000206. The van der Waals surface area contributed by atoms with Crippen LogP contribution in [-0.2, 0) is 0 Å². The van der Waals surface area contributed by atoms with Crippen molar-refractivity contribution in [3.05, 3.63) is 47.6 Å². The van der Waals surface area contributed by atoms with Gasteiger partial charge in [0.05, 0.1) is 0 Å². The summed E-state index contributed by atoms with van der Waals surface area (Å²) >= 11 is 0. The first-order valence-corrected chi connectivity index (χ1v) is 4.43. The van der Waals surface area contributed by atoms with Gasteiger partial charge in [0.2, 0.25) is 0 Å². The van der Waals surface area contributed by atoms with Crippen molar-refractivity contribution in [1.82, 2.24) is 0 Å². The molecule has 0 aliphatic heterocycles. The highest BCUT2D eigenvalue weighted by atomic mass is 24.3. The highest BCUT2D eigenvalue weighted by molar-refractivity contribution is 5.75. The summed E-state index contributed by atoms with van der Waals surface area (Å²) in [5, 5.41) is 0. The molecule has 0 bridgehead atoms. The summed E-state index contributed by atoms with van der Waals surface area (Å²) in [6, 6.07) is 0. The molecule has 0 saturated carbocycles. The largest absolute Gasteiger partial charge is 0.316 e. The third-order valence-electron chi connectivity index (χ3n) is 1.91. The van der Waals surface area contributed by atoms with E-state index in [9.17, 15) is 0 Å². The van der Waals surface area contributed by atoms with Crippen LogP contribution < -0.4 is 0 Å². The molecule has 1 heteroatoms. The predicted molar refractivity (Wildman–Crippen MR) is 63.6 cm³/mol. The summed E-state index contributed by atoms with van der Waals surface area (Å²) < 4.78 is 0. The molecule has 2 aliphatic carbocycles. The van der Waals surface area contributed by atoms with Gasteiger partial charge in [-0.2, -0.15) is 0 Å². The molecule has 0 radical (unpaired) electrons. The topological polar surface area (TPSA) is 0 Å². The highest BCUT2D eigenvalue weighted by Crippen LogP contribution is 2.07. The van der Waals surface area contributed by atoms with E-state index in [1.54, 1.807) is 0 Å². The second-order valence-corrected chi connectivity index (χ2v) is 3.29. The number of rotatable bonds is 0. The Morgan fingerprint density at radius 1 is 0.846 bits per heavy atom. The number of hydrogen-bond acceptors (Lipinski definition) is 0. The van der Waals surface area contributed by atoms with Gasteiger partial charge >= 0.3 is 23.1 Å². The average Bonchev–Trinajstić information content (AvgIpc) is 2.63. The standard InChI is InChI=1S/2C6H8.Mg.2H/c2*1-6-4-2-3-5-6;;;/h2*2-4H,5H2,1H3;;;. The van der Waals surface area contributed by atoms with E-state index >= 15 is 0 Å². The maximum atomic E-state index is 2.16. The maximum absolute atomic E-state index is 2.16. The van der Waals surface area contributed by atoms with E-state index in [4.69, 9.17) is 0 Å². The first-order valence-electron chi connectivity index (χ1n) is 4.43. The van der Waals surface area contributed by atoms with Crippen LogP contribution in [0.2, 0.25) is 0 Å². The molecule has 0 amide bonds. The van der Waals surface area contributed by atoms with Crippen LogP contribution in [0, 0.1) is 0 Å². The van der Waals surface area contributed by atoms with E-state index in [0.717, 1.165) is 0 Å². The van der Waals surface area contributed by atoms with Crippen LogP contribution in [0.5, 0.6) is 0 Å². The van der Waals surface area contributed by atoms with E-state index in [0.29, 0.717) is 0 Å². The molecular weight excluding hydrogens is 168 g/mol. The van der Waals surface area contributed by atoms with E-state index in [1.165, 1.54) is 24.0 Å². The minimum absolute atomic E-state index is 0. The van der Waals surface area contributed by atoms with Crippen LogP contribution >= 0.6 is 0 Å². The van der Waals surface area contributed by atoms with Crippen LogP contribution in [0.15, 0.2) is 47.6 Å². The molecule has 0 heterocycles. The van der Waals surface area contributed by atoms with Gasteiger partial charge in [-0.25, -0.2) is 0 Å². The fraction of sp³-hybridized carbons (Fsp3) is 0.333. The summed E-state index contributed by atoms with van der Waals surface area (Å²) in [4.78, 5) is 0. The SMILES string of the molecule is CC1=CC=CC1.CC1=CC=CC1.[MgH2]. The lowest BCUT2D eigenvalue weighted by molar-refractivity contribution is 1.25. The van der Waals surface area contributed by atoms with Gasteiger partial charge in [0.15, 0.2) is 0 Å². The van der Waals surface area contributed by atoms with Gasteiger partial charge in [0, 0.05) is 0 Å². The average molecular weight is 187 g/mol. The van der Waals surface area contributed by atoms with Crippen molar-refractivity contribution < 1.29 is 0 Å². The third kappa shape index (κ3) is 5.89. The van der Waals surface area contributed by atoms with Gasteiger partial charge in [-0.05, 0) is 26.7 Å². The molecule has 0 aromatic carbocycles. The molecule has 0 atom stereocenters. The Morgan fingerprint density at radius 3 is 1.31 bits per heavy atom. The van der Waals surface area contributed by atoms with Crippen LogP contribution in [0.25, 0.3) is 0 Å². The third-order valence-corrected chi connectivity index (χ3v) is 1.91. The van der Waals surface area contributed by atoms with Crippen molar-refractivity contribution in [3.63, 3.8) is 0 Å². The van der Waals surface area contributed by atoms with Crippen molar-refractivity contribution in [3.8, 4) is 0 Å². The van der Waals surface area contributed by atoms with Crippen LogP contribution in [0.4, 0.5) is 0 Å². The van der Waals surface area contributed by atoms with E-state index in [2.05, 4.69) is 50.3 Å². The van der Waals surface area contributed by atoms with Gasteiger partial charge in [-0.15, -0.1) is 0 Å². The normalized spacial score (nSPS) is 17.1. The molecule has 2 rings (SSSR count). The minimum atomic E-state index is 0. The van der Waals surface area contributed by atoms with Crippen molar-refractivity contribution in [2.24, 2.45) is 0 Å². The van der Waals surface area contributed by atoms with Crippen LogP contribution in [0.3, 0.4) is 0 Å². The number of hydrogen-bond donors (Lipinski definition) is 0. The second kappa shape index (κ2) is 7.16. The maximum Gasteiger partial charge on any atom is 0.316 e. The first-order chi connectivity index (χ1) is 5.79. The first kappa shape index (κ1) is 12.7. The molecule has 68 valence electrons. The zero-order valence-corrected chi connectivity index (χ0v) is 7.88. The molecule has 0 spiro atoms. The minimum Gasteiger partial charge on any atom is -0.0805 e. The lowest BCUT2D eigenvalue weighted by Gasteiger charge is -1.78. The van der Waals surface area contributed by atoms with Crippen molar-refractivity contribution in [2.45, 2.75) is 26.7 Å². The smallest absolute Gasteiger partial charge is 0.0805 e.